The summed E-state index contributed by atoms with van der Waals surface area (Å²) < 4.78 is 0. The second kappa shape index (κ2) is 7.12. The van der Waals surface area contributed by atoms with Gasteiger partial charge in [0.25, 0.3) is 5.91 Å². The summed E-state index contributed by atoms with van der Waals surface area (Å²) >= 11 is 6.12. The third-order valence-corrected chi connectivity index (χ3v) is 5.59. The van der Waals surface area contributed by atoms with Gasteiger partial charge in [-0.2, -0.15) is 5.10 Å². The van der Waals surface area contributed by atoms with E-state index in [-0.39, 0.29) is 5.91 Å². The molecule has 0 bridgehead atoms. The Kier molecular flexibility index (Phi) is 4.68. The Morgan fingerprint density at radius 3 is 2.73 bits per heavy atom. The highest BCUT2D eigenvalue weighted by Crippen LogP contribution is 2.29. The van der Waals surface area contributed by atoms with Crippen LogP contribution in [-0.2, 0) is 0 Å². The molecule has 0 saturated heterocycles. The minimum absolute atomic E-state index is 0.0806. The van der Waals surface area contributed by atoms with Gasteiger partial charge < -0.3 is 4.90 Å². The van der Waals surface area contributed by atoms with Crippen molar-refractivity contribution < 1.29 is 4.79 Å². The van der Waals surface area contributed by atoms with Crippen LogP contribution < -0.4 is 0 Å². The third-order valence-electron chi connectivity index (χ3n) is 5.35. The quantitative estimate of drug-likeness (QED) is 0.683. The smallest absolute Gasteiger partial charge is 0.253 e. The largest absolute Gasteiger partial charge is 0.339 e. The number of hydrogen-bond donors (Lipinski definition) is 1. The van der Waals surface area contributed by atoms with E-state index in [1.54, 1.807) is 0 Å². The fraction of sp³-hybridized carbons (Fsp3) is 0.333. The van der Waals surface area contributed by atoms with Crippen LogP contribution in [0.25, 0.3) is 22.2 Å². The summed E-state index contributed by atoms with van der Waals surface area (Å²) in [5.74, 6) is 0.0806. The van der Waals surface area contributed by atoms with Gasteiger partial charge in [-0.25, -0.2) is 0 Å². The molecule has 1 amide bonds. The summed E-state index contributed by atoms with van der Waals surface area (Å²) in [6, 6.07) is 13.7. The maximum absolute atomic E-state index is 13.0. The van der Waals surface area contributed by atoms with Crippen LogP contribution in [0.2, 0.25) is 5.02 Å². The first-order chi connectivity index (χ1) is 12.6. The summed E-state index contributed by atoms with van der Waals surface area (Å²) in [6.45, 7) is 0. The maximum Gasteiger partial charge on any atom is 0.253 e. The number of carbonyl (C=O) groups is 1. The van der Waals surface area contributed by atoms with E-state index in [1.165, 1.54) is 19.3 Å². The van der Waals surface area contributed by atoms with Crippen molar-refractivity contribution in [3.8, 4) is 11.3 Å². The number of amides is 1. The van der Waals surface area contributed by atoms with E-state index in [9.17, 15) is 4.79 Å². The number of aromatic amines is 1. The molecule has 1 heterocycles. The number of carbonyl (C=O) groups excluding carboxylic acids is 1. The van der Waals surface area contributed by atoms with Crippen LogP contribution in [0, 0.1) is 0 Å². The van der Waals surface area contributed by atoms with Crippen LogP contribution >= 0.6 is 11.6 Å². The van der Waals surface area contributed by atoms with E-state index in [0.717, 1.165) is 35.0 Å². The van der Waals surface area contributed by atoms with Gasteiger partial charge in [0.1, 0.15) is 0 Å². The predicted molar refractivity (Wildman–Crippen MR) is 106 cm³/mol. The van der Waals surface area contributed by atoms with Crippen LogP contribution in [-0.4, -0.2) is 34.1 Å². The monoisotopic (exact) mass is 367 g/mol. The summed E-state index contributed by atoms with van der Waals surface area (Å²) in [7, 11) is 1.93. The molecule has 0 spiro atoms. The molecule has 4 rings (SSSR count). The second-order valence-corrected chi connectivity index (χ2v) is 7.49. The Morgan fingerprint density at radius 1 is 1.15 bits per heavy atom. The molecule has 26 heavy (non-hydrogen) atoms. The number of fused-ring (bicyclic) bond motifs is 1. The first-order valence-electron chi connectivity index (χ1n) is 9.15. The minimum atomic E-state index is 0.0806. The fourth-order valence-electron chi connectivity index (χ4n) is 3.84. The van der Waals surface area contributed by atoms with Crippen molar-refractivity contribution in [2.45, 2.75) is 38.1 Å². The Morgan fingerprint density at radius 2 is 1.96 bits per heavy atom. The zero-order valence-electron chi connectivity index (χ0n) is 14.8. The Balaban J connectivity index is 1.68. The molecule has 1 aromatic heterocycles. The fourth-order valence-corrected chi connectivity index (χ4v) is 4.03. The molecule has 134 valence electrons. The molecule has 0 unspecified atom stereocenters. The molecule has 1 N–H and O–H groups in total. The molecule has 2 aromatic carbocycles. The van der Waals surface area contributed by atoms with Crippen molar-refractivity contribution >= 4 is 28.4 Å². The second-order valence-electron chi connectivity index (χ2n) is 7.05. The maximum atomic E-state index is 13.0. The van der Waals surface area contributed by atoms with Crippen molar-refractivity contribution in [3.63, 3.8) is 0 Å². The first-order valence-corrected chi connectivity index (χ1v) is 9.52. The van der Waals surface area contributed by atoms with Gasteiger partial charge in [-0.1, -0.05) is 43.0 Å². The highest BCUT2D eigenvalue weighted by Gasteiger charge is 2.23. The number of nitrogens with one attached hydrogen (secondary N) is 1. The van der Waals surface area contributed by atoms with Gasteiger partial charge in [-0.3, -0.25) is 9.89 Å². The van der Waals surface area contributed by atoms with E-state index >= 15 is 0 Å². The molecule has 3 aromatic rings. The van der Waals surface area contributed by atoms with Gasteiger partial charge in [0.2, 0.25) is 0 Å². The van der Waals surface area contributed by atoms with Crippen molar-refractivity contribution in [2.75, 3.05) is 7.05 Å². The molecular formula is C21H22ClN3O. The molecule has 0 radical (unpaired) electrons. The summed E-state index contributed by atoms with van der Waals surface area (Å²) in [6.07, 6.45) is 5.90. The molecule has 1 fully saturated rings. The normalized spacial score (nSPS) is 15.3. The molecular weight excluding hydrogens is 346 g/mol. The van der Waals surface area contributed by atoms with Gasteiger partial charge in [-0.05, 0) is 43.2 Å². The lowest BCUT2D eigenvalue weighted by Gasteiger charge is -2.31. The zero-order chi connectivity index (χ0) is 18.1. The molecule has 0 aliphatic heterocycles. The molecule has 5 heteroatoms. The van der Waals surface area contributed by atoms with Gasteiger partial charge in [0.05, 0.1) is 11.2 Å². The van der Waals surface area contributed by atoms with Crippen molar-refractivity contribution in [1.82, 2.24) is 15.1 Å². The molecule has 1 aliphatic rings. The number of nitrogens with zero attached hydrogens (tertiary/aromatic N) is 2. The summed E-state index contributed by atoms with van der Waals surface area (Å²) in [5, 5.41) is 9.09. The summed E-state index contributed by atoms with van der Waals surface area (Å²) in [5.41, 5.74) is 3.37. The topological polar surface area (TPSA) is 49.0 Å². The number of benzene rings is 2. The Labute approximate surface area is 158 Å². The Bertz CT molecular complexity index is 943. The van der Waals surface area contributed by atoms with Crippen LogP contribution in [0.3, 0.4) is 0 Å². The SMILES string of the molecule is CN(C(=O)c1ccc2[nH]nc(-c3cccc(Cl)c3)c2c1)C1CCCCC1. The number of H-pyrrole nitrogens is 1. The number of hydrogen-bond acceptors (Lipinski definition) is 2. The van der Waals surface area contributed by atoms with Gasteiger partial charge in [0, 0.05) is 34.6 Å². The zero-order valence-corrected chi connectivity index (χ0v) is 15.6. The highest BCUT2D eigenvalue weighted by molar-refractivity contribution is 6.30. The lowest BCUT2D eigenvalue weighted by molar-refractivity contribution is 0.0696. The van der Waals surface area contributed by atoms with Crippen LogP contribution in [0.15, 0.2) is 42.5 Å². The lowest BCUT2D eigenvalue weighted by atomic mass is 9.94. The van der Waals surface area contributed by atoms with E-state index in [4.69, 9.17) is 11.6 Å². The van der Waals surface area contributed by atoms with E-state index in [2.05, 4.69) is 10.2 Å². The van der Waals surface area contributed by atoms with Crippen LogP contribution in [0.4, 0.5) is 0 Å². The van der Waals surface area contributed by atoms with E-state index < -0.39 is 0 Å². The van der Waals surface area contributed by atoms with Crippen LogP contribution in [0.1, 0.15) is 42.5 Å². The number of rotatable bonds is 3. The lowest BCUT2D eigenvalue weighted by Crippen LogP contribution is -2.38. The third kappa shape index (κ3) is 3.21. The summed E-state index contributed by atoms with van der Waals surface area (Å²) in [4.78, 5) is 14.9. The Hall–Kier alpha value is -2.33. The minimum Gasteiger partial charge on any atom is -0.339 e. The van der Waals surface area contributed by atoms with Crippen LogP contribution in [0.5, 0.6) is 0 Å². The van der Waals surface area contributed by atoms with Crippen molar-refractivity contribution in [3.05, 3.63) is 53.1 Å². The van der Waals surface area contributed by atoms with E-state index in [0.29, 0.717) is 16.6 Å². The number of halogens is 1. The van der Waals surface area contributed by atoms with E-state index in [1.807, 2.05) is 54.4 Å². The molecule has 1 aliphatic carbocycles. The number of aromatic nitrogens is 2. The van der Waals surface area contributed by atoms with Gasteiger partial charge in [0.15, 0.2) is 0 Å². The first kappa shape index (κ1) is 17.1. The van der Waals surface area contributed by atoms with Gasteiger partial charge in [-0.15, -0.1) is 0 Å². The molecule has 0 atom stereocenters. The van der Waals surface area contributed by atoms with Crippen molar-refractivity contribution in [1.29, 1.82) is 0 Å². The standard InChI is InChI=1S/C21H22ClN3O/c1-25(17-8-3-2-4-9-17)21(26)15-10-11-19-18(13-15)20(24-23-19)14-6-5-7-16(22)12-14/h5-7,10-13,17H,2-4,8-9H2,1H3,(H,23,24). The molecule has 4 nitrogen and oxygen atoms in total. The highest BCUT2D eigenvalue weighted by atomic mass is 35.5. The average molecular weight is 368 g/mol. The van der Waals surface area contributed by atoms with Gasteiger partial charge >= 0.3 is 0 Å². The average Bonchev–Trinajstić information content (AvgIpc) is 3.10. The van der Waals surface area contributed by atoms with Crippen molar-refractivity contribution in [2.24, 2.45) is 0 Å². The molecule has 1 saturated carbocycles. The predicted octanol–water partition coefficient (Wildman–Crippen LogP) is 5.29.